The van der Waals surface area contributed by atoms with Crippen LogP contribution in [0, 0.1) is 23.7 Å². The molecule has 0 fully saturated rings. The maximum atomic E-state index is 12.9. The molecule has 3 amide bonds. The van der Waals surface area contributed by atoms with Crippen LogP contribution < -0.4 is 21.7 Å². The molecule has 0 saturated carbocycles. The number of halogens is 3. The smallest absolute Gasteiger partial charge is 0.368 e. The first-order valence-electron chi connectivity index (χ1n) is 11.4. The molecule has 0 spiro atoms. The molecule has 0 radical (unpaired) electrons. The fourth-order valence-electron chi connectivity index (χ4n) is 3.75. The third-order valence-electron chi connectivity index (χ3n) is 6.09. The van der Waals surface area contributed by atoms with Gasteiger partial charge in [-0.15, -0.1) is 0 Å². The van der Waals surface area contributed by atoms with Crippen LogP contribution in [-0.2, 0) is 22.3 Å². The number of primary amides is 1. The molecule has 0 heterocycles. The highest BCUT2D eigenvalue weighted by atomic mass is 19.4. The summed E-state index contributed by atoms with van der Waals surface area (Å²) in [5.74, 6) is -2.43. The third-order valence-corrected chi connectivity index (χ3v) is 6.09. The van der Waals surface area contributed by atoms with Crippen molar-refractivity contribution in [3.63, 3.8) is 0 Å². The Kier molecular flexibility index (Phi) is 9.06. The summed E-state index contributed by atoms with van der Waals surface area (Å²) in [4.78, 5) is 37.7. The van der Waals surface area contributed by atoms with Gasteiger partial charge in [-0.25, -0.2) is 0 Å². The van der Waals surface area contributed by atoms with Gasteiger partial charge in [-0.3, -0.25) is 14.4 Å². The number of alkyl halides is 3. The van der Waals surface area contributed by atoms with Crippen LogP contribution in [-0.4, -0.2) is 36.3 Å². The van der Waals surface area contributed by atoms with E-state index in [1.165, 1.54) is 6.07 Å². The summed E-state index contributed by atoms with van der Waals surface area (Å²) in [5.41, 5.74) is 4.32. The lowest BCUT2D eigenvalue weighted by Crippen LogP contribution is -2.69. The minimum atomic E-state index is -4.62. The predicted octanol–water partition coefficient (Wildman–Crippen LogP) is 2.79. The topological polar surface area (TPSA) is 137 Å². The van der Waals surface area contributed by atoms with Gasteiger partial charge in [-0.05, 0) is 53.8 Å². The molecule has 0 aromatic heterocycles. The molecule has 2 aromatic rings. The zero-order valence-electron chi connectivity index (χ0n) is 21.0. The Morgan fingerprint density at radius 1 is 1.05 bits per heavy atom. The third kappa shape index (κ3) is 7.30. The number of nitrogens with one attached hydrogen (secondary N) is 3. The first-order valence-corrected chi connectivity index (χ1v) is 11.4. The maximum absolute atomic E-state index is 12.9. The van der Waals surface area contributed by atoms with Crippen LogP contribution in [0.15, 0.2) is 42.5 Å². The normalized spacial score (nSPS) is 13.2. The molecule has 198 valence electrons. The second-order valence-corrected chi connectivity index (χ2v) is 9.69. The van der Waals surface area contributed by atoms with Gasteiger partial charge in [0.15, 0.2) is 0 Å². The van der Waals surface area contributed by atoms with E-state index >= 15 is 0 Å². The van der Waals surface area contributed by atoms with E-state index in [2.05, 4.69) is 22.0 Å². The van der Waals surface area contributed by atoms with Crippen LogP contribution in [0.3, 0.4) is 0 Å². The summed E-state index contributed by atoms with van der Waals surface area (Å²) >= 11 is 0. The molecule has 0 aliphatic heterocycles. The zero-order valence-corrected chi connectivity index (χ0v) is 21.0. The Morgan fingerprint density at radius 2 is 1.73 bits per heavy atom. The summed E-state index contributed by atoms with van der Waals surface area (Å²) in [6.07, 6.45) is -4.62. The number of nitrogens with two attached hydrogens (primary N) is 1. The van der Waals surface area contributed by atoms with E-state index in [0.717, 1.165) is 23.3 Å². The molecule has 37 heavy (non-hydrogen) atoms. The average molecular weight is 518 g/mol. The van der Waals surface area contributed by atoms with Crippen molar-refractivity contribution in [1.82, 2.24) is 16.0 Å². The Bertz CT molecular complexity index is 1220. The van der Waals surface area contributed by atoms with E-state index in [4.69, 9.17) is 11.0 Å². The van der Waals surface area contributed by atoms with E-state index in [0.29, 0.717) is 18.2 Å². The molecule has 8 nitrogen and oxygen atoms in total. The van der Waals surface area contributed by atoms with Crippen LogP contribution in [0.25, 0.3) is 0 Å². The lowest BCUT2D eigenvalue weighted by Gasteiger charge is -2.43. The number of amides is 3. The molecule has 2 rings (SSSR count). The molecule has 0 saturated heterocycles. The first kappa shape index (κ1) is 29.3. The summed E-state index contributed by atoms with van der Waals surface area (Å²) in [7, 11) is 0. The van der Waals surface area contributed by atoms with Crippen molar-refractivity contribution in [2.24, 2.45) is 11.1 Å². The van der Waals surface area contributed by atoms with Crippen molar-refractivity contribution in [2.75, 3.05) is 13.1 Å². The summed E-state index contributed by atoms with van der Waals surface area (Å²) in [6.45, 7) is 6.69. The van der Waals surface area contributed by atoms with Gasteiger partial charge in [0, 0.05) is 18.7 Å². The number of nitriles is 1. The highest BCUT2D eigenvalue weighted by molar-refractivity contribution is 5.98. The van der Waals surface area contributed by atoms with Gasteiger partial charge < -0.3 is 21.7 Å². The zero-order chi connectivity index (χ0) is 28.0. The Labute approximate surface area is 213 Å². The van der Waals surface area contributed by atoms with Crippen LogP contribution >= 0.6 is 0 Å². The fourth-order valence-corrected chi connectivity index (χ4v) is 3.75. The van der Waals surface area contributed by atoms with E-state index in [1.807, 2.05) is 6.92 Å². The first-order chi connectivity index (χ1) is 17.1. The molecule has 2 aromatic carbocycles. The minimum absolute atomic E-state index is 0.0431. The maximum Gasteiger partial charge on any atom is 0.416 e. The molecule has 11 heteroatoms. The van der Waals surface area contributed by atoms with Gasteiger partial charge in [0.2, 0.25) is 11.8 Å². The molecule has 5 N–H and O–H groups in total. The summed E-state index contributed by atoms with van der Waals surface area (Å²) < 4.78 is 38.8. The van der Waals surface area contributed by atoms with E-state index in [9.17, 15) is 27.6 Å². The number of nitrogens with zero attached hydrogens (tertiary/aromatic N) is 1. The quantitative estimate of drug-likeness (QED) is 0.405. The molecule has 0 aliphatic carbocycles. The molecular weight excluding hydrogens is 487 g/mol. The van der Waals surface area contributed by atoms with Crippen LogP contribution in [0.4, 0.5) is 13.2 Å². The number of benzene rings is 2. The SMILES string of the molecule is Cc1cc(C#N)ccc1CNCC(NC(=O)CNC(=O)c1cccc(C(F)(F)F)c1)(C(N)=O)C(C)(C)C. The summed E-state index contributed by atoms with van der Waals surface area (Å²) in [5, 5.41) is 17.1. The van der Waals surface area contributed by atoms with Gasteiger partial charge in [0.05, 0.1) is 23.7 Å². The molecule has 0 aliphatic rings. The van der Waals surface area contributed by atoms with Crippen LogP contribution in [0.1, 0.15) is 53.4 Å². The second-order valence-electron chi connectivity index (χ2n) is 9.69. The van der Waals surface area contributed by atoms with Crippen molar-refractivity contribution in [1.29, 1.82) is 5.26 Å². The molecule has 1 atom stereocenters. The Morgan fingerprint density at radius 3 is 2.27 bits per heavy atom. The molecular formula is C26H30F3N5O3. The van der Waals surface area contributed by atoms with Gasteiger partial charge in [0.25, 0.3) is 5.91 Å². The highest BCUT2D eigenvalue weighted by Gasteiger charge is 2.48. The average Bonchev–Trinajstić information content (AvgIpc) is 2.81. The Hall–Kier alpha value is -3.91. The van der Waals surface area contributed by atoms with E-state index in [1.54, 1.807) is 39.0 Å². The lowest BCUT2D eigenvalue weighted by molar-refractivity contribution is -0.137. The predicted molar refractivity (Wildman–Crippen MR) is 131 cm³/mol. The lowest BCUT2D eigenvalue weighted by atomic mass is 9.72. The highest BCUT2D eigenvalue weighted by Crippen LogP contribution is 2.31. The minimum Gasteiger partial charge on any atom is -0.368 e. The standard InChI is InChI=1S/C26H30F3N5O3/c1-16-10-17(12-30)8-9-19(16)13-32-15-25(23(31)37,24(2,3)4)34-21(35)14-33-22(36)18-6-5-7-20(11-18)26(27,28)29/h5-11,32H,13-15H2,1-4H3,(H2,31,37)(H,33,36)(H,34,35). The number of rotatable bonds is 9. The van der Waals surface area contributed by atoms with Gasteiger partial charge in [-0.1, -0.05) is 32.9 Å². The number of carbonyl (C=O) groups is 3. The van der Waals surface area contributed by atoms with E-state index < -0.39 is 47.0 Å². The van der Waals surface area contributed by atoms with Crippen molar-refractivity contribution in [2.45, 2.75) is 46.0 Å². The number of hydrogen-bond donors (Lipinski definition) is 4. The molecule has 0 bridgehead atoms. The van der Waals surface area contributed by atoms with Crippen molar-refractivity contribution in [3.8, 4) is 6.07 Å². The molecule has 1 unspecified atom stereocenters. The second kappa shape index (κ2) is 11.4. The number of aryl methyl sites for hydroxylation is 1. The fraction of sp³-hybridized carbons (Fsp3) is 0.385. The van der Waals surface area contributed by atoms with Crippen molar-refractivity contribution < 1.29 is 27.6 Å². The largest absolute Gasteiger partial charge is 0.416 e. The van der Waals surface area contributed by atoms with E-state index in [-0.39, 0.29) is 12.1 Å². The van der Waals surface area contributed by atoms with Crippen molar-refractivity contribution >= 4 is 17.7 Å². The number of carbonyl (C=O) groups excluding carboxylic acids is 3. The number of hydrogen-bond acceptors (Lipinski definition) is 5. The summed E-state index contributed by atoms with van der Waals surface area (Å²) in [6, 6.07) is 11.1. The van der Waals surface area contributed by atoms with Crippen LogP contribution in [0.5, 0.6) is 0 Å². The Balaban J connectivity index is 2.12. The van der Waals surface area contributed by atoms with Gasteiger partial charge in [0.1, 0.15) is 5.54 Å². The van der Waals surface area contributed by atoms with Gasteiger partial charge >= 0.3 is 6.18 Å². The van der Waals surface area contributed by atoms with Crippen molar-refractivity contribution in [3.05, 3.63) is 70.3 Å². The monoisotopic (exact) mass is 517 g/mol. The van der Waals surface area contributed by atoms with Crippen LogP contribution in [0.2, 0.25) is 0 Å². The van der Waals surface area contributed by atoms with Gasteiger partial charge in [-0.2, -0.15) is 18.4 Å².